The normalized spacial score (nSPS) is 35.7. The van der Waals surface area contributed by atoms with Crippen molar-refractivity contribution in [1.29, 1.82) is 0 Å². The van der Waals surface area contributed by atoms with Crippen molar-refractivity contribution < 1.29 is 19.7 Å². The lowest BCUT2D eigenvalue weighted by molar-refractivity contribution is -0.201. The number of carbonyl (C=O) groups excluding carboxylic acids is 1. The molecule has 0 amide bonds. The van der Waals surface area contributed by atoms with Gasteiger partial charge in [-0.1, -0.05) is 39.3 Å². The summed E-state index contributed by atoms with van der Waals surface area (Å²) in [5, 5.41) is 20.8. The highest BCUT2D eigenvalue weighted by atomic mass is 16.5. The van der Waals surface area contributed by atoms with E-state index < -0.39 is 5.60 Å². The van der Waals surface area contributed by atoms with Gasteiger partial charge in [-0.3, -0.25) is 0 Å². The van der Waals surface area contributed by atoms with Crippen LogP contribution in [0.1, 0.15) is 65.4 Å². The third-order valence-corrected chi connectivity index (χ3v) is 7.04. The largest absolute Gasteiger partial charge is 0.508 e. The highest BCUT2D eigenvalue weighted by Gasteiger charge is 2.57. The molecular weight excluding hydrogens is 352 g/mol. The molecule has 0 bridgehead atoms. The van der Waals surface area contributed by atoms with Gasteiger partial charge >= 0.3 is 5.97 Å². The maximum Gasteiger partial charge on any atom is 0.331 e. The molecular formula is C24H34O4. The molecule has 0 saturated heterocycles. The Morgan fingerprint density at radius 2 is 2.00 bits per heavy atom. The van der Waals surface area contributed by atoms with Crippen LogP contribution >= 0.6 is 0 Å². The van der Waals surface area contributed by atoms with Crippen LogP contribution < -0.4 is 0 Å². The molecule has 5 atom stereocenters. The molecule has 5 unspecified atom stereocenters. The van der Waals surface area contributed by atoms with Gasteiger partial charge in [-0.2, -0.15) is 0 Å². The van der Waals surface area contributed by atoms with Crippen LogP contribution in [0.15, 0.2) is 30.3 Å². The summed E-state index contributed by atoms with van der Waals surface area (Å²) in [7, 11) is 0. The Morgan fingerprint density at radius 3 is 2.68 bits per heavy atom. The molecule has 2 N–H and O–H groups in total. The number of rotatable bonds is 4. The van der Waals surface area contributed by atoms with E-state index in [2.05, 4.69) is 20.8 Å². The Morgan fingerprint density at radius 1 is 1.25 bits per heavy atom. The minimum atomic E-state index is -0.819. The first kappa shape index (κ1) is 20.9. The molecule has 0 aromatic heterocycles. The first-order chi connectivity index (χ1) is 13.1. The summed E-state index contributed by atoms with van der Waals surface area (Å²) >= 11 is 0. The van der Waals surface area contributed by atoms with Crippen LogP contribution in [0, 0.1) is 23.2 Å². The molecule has 0 heterocycles. The number of esters is 1. The van der Waals surface area contributed by atoms with Crippen molar-refractivity contribution in [3.05, 3.63) is 35.9 Å². The summed E-state index contributed by atoms with van der Waals surface area (Å²) in [6.07, 6.45) is 7.75. The SMILES string of the molecule is CC(C)C1CCC2(C)CCCC(C)(O)C2C1OC(=O)C=Cc1cccc(O)c1. The minimum Gasteiger partial charge on any atom is -0.508 e. The van der Waals surface area contributed by atoms with E-state index in [1.165, 1.54) is 6.08 Å². The van der Waals surface area contributed by atoms with E-state index in [0.29, 0.717) is 5.92 Å². The first-order valence-electron chi connectivity index (χ1n) is 10.5. The van der Waals surface area contributed by atoms with Gasteiger partial charge in [0, 0.05) is 12.0 Å². The van der Waals surface area contributed by atoms with Crippen LogP contribution in [0.25, 0.3) is 6.08 Å². The Labute approximate surface area is 168 Å². The number of phenols is 1. The van der Waals surface area contributed by atoms with Gasteiger partial charge in [-0.15, -0.1) is 0 Å². The van der Waals surface area contributed by atoms with Crippen LogP contribution in [0.4, 0.5) is 0 Å². The van der Waals surface area contributed by atoms with Crippen molar-refractivity contribution in [2.45, 2.75) is 71.5 Å². The quantitative estimate of drug-likeness (QED) is 0.568. The maximum atomic E-state index is 12.7. The highest BCUT2D eigenvalue weighted by Crippen LogP contribution is 2.57. The Bertz CT molecular complexity index is 736. The maximum absolute atomic E-state index is 12.7. The van der Waals surface area contributed by atoms with E-state index in [1.54, 1.807) is 24.3 Å². The number of phenolic OH excluding ortho intramolecular Hbond substituents is 1. The van der Waals surface area contributed by atoms with Gasteiger partial charge in [0.15, 0.2) is 0 Å². The summed E-state index contributed by atoms with van der Waals surface area (Å²) in [4.78, 5) is 12.7. The molecule has 4 nitrogen and oxygen atoms in total. The van der Waals surface area contributed by atoms with E-state index in [0.717, 1.165) is 37.7 Å². The van der Waals surface area contributed by atoms with Crippen LogP contribution in [-0.2, 0) is 9.53 Å². The second-order valence-corrected chi connectivity index (χ2v) is 9.62. The number of benzene rings is 1. The molecule has 1 aromatic carbocycles. The standard InChI is InChI=1S/C24H34O4/c1-16(2)19-11-14-23(3)12-6-13-24(4,27)22(23)21(19)28-20(26)10-9-17-7-5-8-18(25)15-17/h5,7-10,15-16,19,21-22,25,27H,6,11-14H2,1-4H3. The van der Waals surface area contributed by atoms with E-state index >= 15 is 0 Å². The Kier molecular flexibility index (Phi) is 5.90. The molecule has 3 rings (SSSR count). The van der Waals surface area contributed by atoms with Crippen molar-refractivity contribution >= 4 is 12.0 Å². The van der Waals surface area contributed by atoms with E-state index in [1.807, 2.05) is 13.0 Å². The van der Waals surface area contributed by atoms with E-state index in [9.17, 15) is 15.0 Å². The topological polar surface area (TPSA) is 66.8 Å². The highest BCUT2D eigenvalue weighted by molar-refractivity contribution is 5.87. The second-order valence-electron chi connectivity index (χ2n) is 9.62. The lowest BCUT2D eigenvalue weighted by Crippen LogP contribution is -2.59. The average Bonchev–Trinajstić information content (AvgIpc) is 2.59. The zero-order chi connectivity index (χ0) is 20.5. The van der Waals surface area contributed by atoms with Crippen molar-refractivity contribution in [1.82, 2.24) is 0 Å². The zero-order valence-electron chi connectivity index (χ0n) is 17.5. The molecule has 2 aliphatic carbocycles. The summed E-state index contributed by atoms with van der Waals surface area (Å²) in [6, 6.07) is 6.76. The molecule has 1 aromatic rings. The van der Waals surface area contributed by atoms with Crippen molar-refractivity contribution in [2.24, 2.45) is 23.2 Å². The monoisotopic (exact) mass is 386 g/mol. The number of aliphatic hydroxyl groups is 1. The van der Waals surface area contributed by atoms with Crippen molar-refractivity contribution in [3.63, 3.8) is 0 Å². The number of fused-ring (bicyclic) bond motifs is 1. The fourth-order valence-electron chi connectivity index (χ4n) is 5.68. The van der Waals surface area contributed by atoms with E-state index in [-0.39, 0.29) is 35.1 Å². The molecule has 28 heavy (non-hydrogen) atoms. The summed E-state index contributed by atoms with van der Waals surface area (Å²) in [6.45, 7) is 8.52. The Balaban J connectivity index is 1.83. The van der Waals surface area contributed by atoms with Crippen LogP contribution in [0.2, 0.25) is 0 Å². The molecule has 2 saturated carbocycles. The van der Waals surface area contributed by atoms with Crippen LogP contribution in [0.3, 0.4) is 0 Å². The van der Waals surface area contributed by atoms with Gasteiger partial charge in [0.1, 0.15) is 11.9 Å². The summed E-state index contributed by atoms with van der Waals surface area (Å²) in [5.41, 5.74) is -0.0662. The number of aromatic hydroxyl groups is 1. The fraction of sp³-hybridized carbons (Fsp3) is 0.625. The third-order valence-electron chi connectivity index (χ3n) is 7.04. The van der Waals surface area contributed by atoms with Gasteiger partial charge in [-0.05, 0) is 73.6 Å². The summed E-state index contributed by atoms with van der Waals surface area (Å²) < 4.78 is 6.04. The van der Waals surface area contributed by atoms with Crippen molar-refractivity contribution in [3.8, 4) is 5.75 Å². The van der Waals surface area contributed by atoms with Crippen LogP contribution in [0.5, 0.6) is 5.75 Å². The lowest BCUT2D eigenvalue weighted by Gasteiger charge is -2.57. The third kappa shape index (κ3) is 4.27. The predicted octanol–water partition coefficient (Wildman–Crippen LogP) is 4.94. The molecule has 4 heteroatoms. The number of ether oxygens (including phenoxy) is 1. The molecule has 154 valence electrons. The second kappa shape index (κ2) is 7.90. The molecule has 0 aliphatic heterocycles. The lowest BCUT2D eigenvalue weighted by atomic mass is 9.51. The number of hydrogen-bond donors (Lipinski definition) is 2. The molecule has 0 radical (unpaired) electrons. The zero-order valence-corrected chi connectivity index (χ0v) is 17.5. The molecule has 2 aliphatic rings. The predicted molar refractivity (Wildman–Crippen MR) is 111 cm³/mol. The average molecular weight is 387 g/mol. The number of carbonyl (C=O) groups is 1. The van der Waals surface area contributed by atoms with Gasteiger partial charge in [-0.25, -0.2) is 4.79 Å². The van der Waals surface area contributed by atoms with E-state index in [4.69, 9.17) is 4.74 Å². The fourth-order valence-corrected chi connectivity index (χ4v) is 5.68. The Hall–Kier alpha value is -1.81. The van der Waals surface area contributed by atoms with Gasteiger partial charge in [0.2, 0.25) is 0 Å². The number of hydrogen-bond acceptors (Lipinski definition) is 4. The van der Waals surface area contributed by atoms with Crippen LogP contribution in [-0.4, -0.2) is 27.9 Å². The summed E-state index contributed by atoms with van der Waals surface area (Å²) in [5.74, 6) is 0.366. The first-order valence-corrected chi connectivity index (χ1v) is 10.5. The van der Waals surface area contributed by atoms with Gasteiger partial charge < -0.3 is 14.9 Å². The molecule has 2 fully saturated rings. The molecule has 0 spiro atoms. The van der Waals surface area contributed by atoms with Gasteiger partial charge in [0.05, 0.1) is 5.60 Å². The van der Waals surface area contributed by atoms with Gasteiger partial charge in [0.25, 0.3) is 0 Å². The smallest absolute Gasteiger partial charge is 0.331 e. The van der Waals surface area contributed by atoms with Crippen molar-refractivity contribution in [2.75, 3.05) is 0 Å². The minimum absolute atomic E-state index is 0.00697.